The third-order valence-electron chi connectivity index (χ3n) is 3.26. The van der Waals surface area contributed by atoms with Gasteiger partial charge in [0.25, 0.3) is 0 Å². The van der Waals surface area contributed by atoms with Crippen molar-refractivity contribution in [1.82, 2.24) is 5.32 Å². The Morgan fingerprint density at radius 2 is 1.83 bits per heavy atom. The van der Waals surface area contributed by atoms with E-state index < -0.39 is 0 Å². The quantitative estimate of drug-likeness (QED) is 0.866. The van der Waals surface area contributed by atoms with E-state index in [-0.39, 0.29) is 0 Å². The molecule has 3 heteroatoms. The van der Waals surface area contributed by atoms with Crippen molar-refractivity contribution in [3.8, 4) is 11.5 Å². The molecular weight excluding hydrogens is 226 g/mol. The molecule has 18 heavy (non-hydrogen) atoms. The van der Waals surface area contributed by atoms with Crippen LogP contribution in [0.4, 0.5) is 0 Å². The first-order valence-electron chi connectivity index (χ1n) is 6.72. The van der Waals surface area contributed by atoms with E-state index in [1.54, 1.807) is 0 Å². The normalized spacial score (nSPS) is 16.9. The highest BCUT2D eigenvalue weighted by molar-refractivity contribution is 5.45. The second kappa shape index (κ2) is 5.61. The number of fused-ring (bicyclic) bond motifs is 1. The van der Waals surface area contributed by atoms with Crippen molar-refractivity contribution < 1.29 is 9.47 Å². The third-order valence-corrected chi connectivity index (χ3v) is 3.26. The number of nitrogens with one attached hydrogen (secondary N) is 1. The van der Waals surface area contributed by atoms with Gasteiger partial charge in [-0.1, -0.05) is 19.9 Å². The fraction of sp³-hybridized carbons (Fsp3) is 0.600. The molecule has 0 fully saturated rings. The molecule has 1 heterocycles. The van der Waals surface area contributed by atoms with Gasteiger partial charge in [0.15, 0.2) is 11.5 Å². The minimum absolute atomic E-state index is 0.327. The monoisotopic (exact) mass is 249 g/mol. The summed E-state index contributed by atoms with van der Waals surface area (Å²) in [7, 11) is 0. The molecule has 1 aromatic rings. The first-order valence-corrected chi connectivity index (χ1v) is 6.72. The molecule has 1 aliphatic heterocycles. The van der Waals surface area contributed by atoms with E-state index in [9.17, 15) is 0 Å². The molecule has 2 rings (SSSR count). The Labute approximate surface area is 109 Å². The maximum Gasteiger partial charge on any atom is 0.231 e. The van der Waals surface area contributed by atoms with Gasteiger partial charge in [-0.3, -0.25) is 0 Å². The molecule has 0 aliphatic carbocycles. The molecule has 2 atom stereocenters. The van der Waals surface area contributed by atoms with Crippen LogP contribution >= 0.6 is 0 Å². The SMILES string of the molecule is CC(C)CC(C)NC(C)c1ccc2c(c1)OCO2. The average molecular weight is 249 g/mol. The van der Waals surface area contributed by atoms with Crippen molar-refractivity contribution in [3.05, 3.63) is 23.8 Å². The van der Waals surface area contributed by atoms with Crippen molar-refractivity contribution in [3.63, 3.8) is 0 Å². The highest BCUT2D eigenvalue weighted by Crippen LogP contribution is 2.34. The van der Waals surface area contributed by atoms with Crippen molar-refractivity contribution in [1.29, 1.82) is 0 Å². The number of benzene rings is 1. The molecule has 0 spiro atoms. The van der Waals surface area contributed by atoms with Gasteiger partial charge in [-0.2, -0.15) is 0 Å². The summed E-state index contributed by atoms with van der Waals surface area (Å²) < 4.78 is 10.7. The molecule has 0 saturated carbocycles. The fourth-order valence-electron chi connectivity index (χ4n) is 2.48. The Morgan fingerprint density at radius 3 is 2.56 bits per heavy atom. The highest BCUT2D eigenvalue weighted by atomic mass is 16.7. The van der Waals surface area contributed by atoms with Gasteiger partial charge in [0.2, 0.25) is 6.79 Å². The van der Waals surface area contributed by atoms with Gasteiger partial charge in [0.1, 0.15) is 0 Å². The Kier molecular flexibility index (Phi) is 4.12. The lowest BCUT2D eigenvalue weighted by molar-refractivity contribution is 0.174. The molecule has 3 nitrogen and oxygen atoms in total. The second-order valence-corrected chi connectivity index (χ2v) is 5.53. The molecule has 0 amide bonds. The lowest BCUT2D eigenvalue weighted by Crippen LogP contribution is -2.30. The summed E-state index contributed by atoms with van der Waals surface area (Å²) >= 11 is 0. The molecule has 1 aromatic carbocycles. The summed E-state index contributed by atoms with van der Waals surface area (Å²) in [5.41, 5.74) is 1.25. The Balaban J connectivity index is 1.98. The zero-order valence-electron chi connectivity index (χ0n) is 11.7. The van der Waals surface area contributed by atoms with Gasteiger partial charge in [-0.05, 0) is 43.9 Å². The van der Waals surface area contributed by atoms with Gasteiger partial charge >= 0.3 is 0 Å². The first-order chi connectivity index (χ1) is 8.56. The van der Waals surface area contributed by atoms with Gasteiger partial charge in [-0.15, -0.1) is 0 Å². The van der Waals surface area contributed by atoms with E-state index in [1.165, 1.54) is 12.0 Å². The predicted octanol–water partition coefficient (Wildman–Crippen LogP) is 3.50. The third kappa shape index (κ3) is 3.16. The molecule has 1 aliphatic rings. The van der Waals surface area contributed by atoms with Crippen LogP contribution in [0, 0.1) is 5.92 Å². The molecule has 1 N–H and O–H groups in total. The van der Waals surface area contributed by atoms with Crippen molar-refractivity contribution >= 4 is 0 Å². The molecule has 0 saturated heterocycles. The zero-order valence-corrected chi connectivity index (χ0v) is 11.7. The lowest BCUT2D eigenvalue weighted by atomic mass is 10.0. The topological polar surface area (TPSA) is 30.5 Å². The number of hydrogen-bond acceptors (Lipinski definition) is 3. The van der Waals surface area contributed by atoms with Crippen LogP contribution in [0.2, 0.25) is 0 Å². The van der Waals surface area contributed by atoms with Crippen LogP contribution in [0.3, 0.4) is 0 Å². The van der Waals surface area contributed by atoms with Gasteiger partial charge in [0.05, 0.1) is 0 Å². The van der Waals surface area contributed by atoms with Crippen LogP contribution in [0.15, 0.2) is 18.2 Å². The molecule has 2 unspecified atom stereocenters. The van der Waals surface area contributed by atoms with Crippen molar-refractivity contribution in [2.75, 3.05) is 6.79 Å². The summed E-state index contributed by atoms with van der Waals surface area (Å²) in [5, 5.41) is 3.62. The van der Waals surface area contributed by atoms with E-state index in [0.717, 1.165) is 17.4 Å². The van der Waals surface area contributed by atoms with Crippen molar-refractivity contribution in [2.45, 2.75) is 46.2 Å². The zero-order chi connectivity index (χ0) is 13.1. The smallest absolute Gasteiger partial charge is 0.231 e. The van der Waals surface area contributed by atoms with Crippen molar-refractivity contribution in [2.24, 2.45) is 5.92 Å². The maximum absolute atomic E-state index is 5.41. The maximum atomic E-state index is 5.41. The summed E-state index contributed by atoms with van der Waals surface area (Å²) in [4.78, 5) is 0. The van der Waals surface area contributed by atoms with Crippen LogP contribution in [-0.4, -0.2) is 12.8 Å². The van der Waals surface area contributed by atoms with Gasteiger partial charge in [0, 0.05) is 12.1 Å². The van der Waals surface area contributed by atoms with Gasteiger partial charge < -0.3 is 14.8 Å². The Hall–Kier alpha value is -1.22. The fourth-order valence-corrected chi connectivity index (χ4v) is 2.48. The largest absolute Gasteiger partial charge is 0.454 e. The summed E-state index contributed by atoms with van der Waals surface area (Å²) in [5.74, 6) is 2.43. The molecule has 0 radical (unpaired) electrons. The Morgan fingerprint density at radius 1 is 1.11 bits per heavy atom. The summed E-state index contributed by atoms with van der Waals surface area (Å²) in [6, 6.07) is 7.01. The summed E-state index contributed by atoms with van der Waals surface area (Å²) in [6.45, 7) is 9.27. The Bertz CT molecular complexity index is 403. The van der Waals surface area contributed by atoms with Crippen LogP contribution in [0.5, 0.6) is 11.5 Å². The van der Waals surface area contributed by atoms with Crippen LogP contribution in [0.1, 0.15) is 45.7 Å². The van der Waals surface area contributed by atoms with E-state index in [2.05, 4.69) is 45.1 Å². The average Bonchev–Trinajstić information content (AvgIpc) is 2.74. The lowest BCUT2D eigenvalue weighted by Gasteiger charge is -2.22. The van der Waals surface area contributed by atoms with Crippen LogP contribution < -0.4 is 14.8 Å². The first kappa shape index (κ1) is 13.2. The van der Waals surface area contributed by atoms with E-state index in [1.807, 2.05) is 6.07 Å². The minimum Gasteiger partial charge on any atom is -0.454 e. The number of rotatable bonds is 5. The summed E-state index contributed by atoms with van der Waals surface area (Å²) in [6.07, 6.45) is 1.19. The predicted molar refractivity (Wildman–Crippen MR) is 73.0 cm³/mol. The standard InChI is InChI=1S/C15H23NO2/c1-10(2)7-11(3)16-12(4)13-5-6-14-15(8-13)18-9-17-14/h5-6,8,10-12,16H,7,9H2,1-4H3. The van der Waals surface area contributed by atoms with E-state index in [4.69, 9.17) is 9.47 Å². The molecular formula is C15H23NO2. The highest BCUT2D eigenvalue weighted by Gasteiger charge is 2.16. The second-order valence-electron chi connectivity index (χ2n) is 5.53. The van der Waals surface area contributed by atoms with Gasteiger partial charge in [-0.25, -0.2) is 0 Å². The number of hydrogen-bond donors (Lipinski definition) is 1. The van der Waals surface area contributed by atoms with E-state index >= 15 is 0 Å². The molecule has 0 bridgehead atoms. The van der Waals surface area contributed by atoms with E-state index in [0.29, 0.717) is 18.9 Å². The minimum atomic E-state index is 0.327. The molecule has 0 aromatic heterocycles. The van der Waals surface area contributed by atoms with Crippen LogP contribution in [-0.2, 0) is 0 Å². The van der Waals surface area contributed by atoms with Crippen LogP contribution in [0.25, 0.3) is 0 Å². The number of ether oxygens (including phenoxy) is 2. The molecule has 100 valence electrons.